The van der Waals surface area contributed by atoms with Gasteiger partial charge in [-0.05, 0) is 48.1 Å². The minimum absolute atomic E-state index is 0. The van der Waals surface area contributed by atoms with Crippen molar-refractivity contribution in [1.82, 2.24) is 0 Å². The molecule has 2 N–H and O–H groups in total. The highest BCUT2D eigenvalue weighted by Crippen LogP contribution is 2.32. The molecule has 0 aromatic heterocycles. The second-order valence-corrected chi connectivity index (χ2v) is 8.14. The Labute approximate surface area is 162 Å². The number of carbonyl (C=O) groups is 1. The molecule has 2 nitrogen and oxygen atoms in total. The molecule has 2 heteroatoms. The number of rotatable bonds is 6. The summed E-state index contributed by atoms with van der Waals surface area (Å²) >= 11 is 0. The predicted octanol–water partition coefficient (Wildman–Crippen LogP) is 6.19. The van der Waals surface area contributed by atoms with E-state index in [4.69, 9.17) is 4.79 Å². The van der Waals surface area contributed by atoms with Gasteiger partial charge in [0.25, 0.3) is 0 Å². The molecule has 1 aromatic rings. The molecule has 0 amide bonds. The Morgan fingerprint density at radius 3 is 2.08 bits per heavy atom. The van der Waals surface area contributed by atoms with Crippen LogP contribution < -0.4 is 0 Å². The van der Waals surface area contributed by atoms with Gasteiger partial charge in [0, 0.05) is 0 Å². The van der Waals surface area contributed by atoms with Crippen molar-refractivity contribution in [2.75, 3.05) is 0 Å². The third-order valence-corrected chi connectivity index (χ3v) is 6.31. The molecule has 0 heterocycles. The summed E-state index contributed by atoms with van der Waals surface area (Å²) in [6.45, 7) is 4.43. The summed E-state index contributed by atoms with van der Waals surface area (Å²) in [6, 6.07) is 9.10. The Hall–Kier alpha value is -1.15. The molecular formula is C24H42O2. The van der Waals surface area contributed by atoms with Gasteiger partial charge in [-0.25, -0.2) is 0 Å². The van der Waals surface area contributed by atoms with Crippen molar-refractivity contribution >= 4 is 6.79 Å². The quantitative estimate of drug-likeness (QED) is 0.556. The lowest BCUT2D eigenvalue weighted by Gasteiger charge is -2.26. The lowest BCUT2D eigenvalue weighted by molar-refractivity contribution is -0.0979. The van der Waals surface area contributed by atoms with Crippen LogP contribution in [0.5, 0.6) is 0 Å². The smallest absolute Gasteiger partial charge is 0.106 e. The first-order valence-electron chi connectivity index (χ1n) is 10.2. The van der Waals surface area contributed by atoms with Gasteiger partial charge in [0.15, 0.2) is 0 Å². The maximum absolute atomic E-state index is 8.00. The second kappa shape index (κ2) is 14.0. The van der Waals surface area contributed by atoms with Crippen LogP contribution in [0.15, 0.2) is 24.3 Å². The van der Waals surface area contributed by atoms with Gasteiger partial charge >= 0.3 is 0 Å². The number of fused-ring (bicyclic) bond motifs is 1. The second-order valence-electron chi connectivity index (χ2n) is 8.14. The van der Waals surface area contributed by atoms with Crippen molar-refractivity contribution < 1.29 is 10.3 Å². The molecule has 2 aliphatic carbocycles. The van der Waals surface area contributed by atoms with Crippen LogP contribution in [-0.4, -0.2) is 12.3 Å². The largest absolute Gasteiger partial charge is 0.412 e. The van der Waals surface area contributed by atoms with E-state index in [1.54, 1.807) is 11.1 Å². The Bertz CT molecular complexity index is 463. The SMILES string of the molecule is C.C=O.CC1CCC(CCCCCC2CCc3ccccc3C2)CC1.O. The summed E-state index contributed by atoms with van der Waals surface area (Å²) in [5.41, 5.74) is 3.25. The summed E-state index contributed by atoms with van der Waals surface area (Å²) in [5, 5.41) is 0. The highest BCUT2D eigenvalue weighted by atomic mass is 16.1. The van der Waals surface area contributed by atoms with Crippen LogP contribution in [0.3, 0.4) is 0 Å². The third-order valence-electron chi connectivity index (χ3n) is 6.31. The number of carbonyl (C=O) groups excluding carboxylic acids is 1. The lowest BCUT2D eigenvalue weighted by Crippen LogP contribution is -2.14. The molecule has 1 aromatic carbocycles. The zero-order valence-electron chi connectivity index (χ0n) is 16.1. The fourth-order valence-electron chi connectivity index (χ4n) is 4.68. The van der Waals surface area contributed by atoms with E-state index in [2.05, 4.69) is 31.2 Å². The van der Waals surface area contributed by atoms with E-state index in [0.717, 1.165) is 17.8 Å². The van der Waals surface area contributed by atoms with Gasteiger partial charge in [-0.3, -0.25) is 0 Å². The molecule has 1 fully saturated rings. The number of hydrogen-bond donors (Lipinski definition) is 0. The molecule has 0 bridgehead atoms. The van der Waals surface area contributed by atoms with Crippen molar-refractivity contribution in [1.29, 1.82) is 0 Å². The van der Waals surface area contributed by atoms with E-state index in [0.29, 0.717) is 0 Å². The monoisotopic (exact) mass is 362 g/mol. The normalized spacial score (nSPS) is 24.1. The number of unbranched alkanes of at least 4 members (excludes halogenated alkanes) is 2. The molecular weight excluding hydrogens is 320 g/mol. The number of benzene rings is 1. The highest BCUT2D eigenvalue weighted by molar-refractivity contribution is 5.29. The molecule has 2 aliphatic rings. The van der Waals surface area contributed by atoms with Crippen LogP contribution in [0.25, 0.3) is 0 Å². The van der Waals surface area contributed by atoms with Crippen LogP contribution >= 0.6 is 0 Å². The molecule has 150 valence electrons. The Kier molecular flexibility index (Phi) is 13.4. The first-order chi connectivity index (χ1) is 11.8. The van der Waals surface area contributed by atoms with E-state index in [1.165, 1.54) is 77.0 Å². The summed E-state index contributed by atoms with van der Waals surface area (Å²) in [7, 11) is 0. The highest BCUT2D eigenvalue weighted by Gasteiger charge is 2.19. The Morgan fingerprint density at radius 2 is 1.42 bits per heavy atom. The third kappa shape index (κ3) is 8.03. The van der Waals surface area contributed by atoms with Crippen LogP contribution in [0.1, 0.15) is 89.7 Å². The van der Waals surface area contributed by atoms with Crippen LogP contribution in [0.4, 0.5) is 0 Å². The average molecular weight is 363 g/mol. The zero-order valence-corrected chi connectivity index (χ0v) is 16.1. The predicted molar refractivity (Wildman–Crippen MR) is 114 cm³/mol. The van der Waals surface area contributed by atoms with Crippen LogP contribution in [0, 0.1) is 17.8 Å². The molecule has 26 heavy (non-hydrogen) atoms. The molecule has 0 spiro atoms. The lowest BCUT2D eigenvalue weighted by atomic mass is 9.80. The molecule has 0 saturated heterocycles. The topological polar surface area (TPSA) is 48.6 Å². The van der Waals surface area contributed by atoms with Gasteiger partial charge < -0.3 is 10.3 Å². The van der Waals surface area contributed by atoms with Gasteiger partial charge in [0.05, 0.1) is 0 Å². The number of aryl methyl sites for hydroxylation is 1. The molecule has 1 atom stereocenters. The van der Waals surface area contributed by atoms with Gasteiger partial charge in [0.1, 0.15) is 6.79 Å². The number of hydrogen-bond acceptors (Lipinski definition) is 1. The molecule has 1 unspecified atom stereocenters. The van der Waals surface area contributed by atoms with Crippen molar-refractivity contribution in [2.24, 2.45) is 17.8 Å². The van der Waals surface area contributed by atoms with Gasteiger partial charge in [-0.2, -0.15) is 0 Å². The maximum atomic E-state index is 8.00. The first-order valence-corrected chi connectivity index (χ1v) is 10.2. The zero-order chi connectivity index (χ0) is 17.2. The molecule has 0 radical (unpaired) electrons. The van der Waals surface area contributed by atoms with E-state index in [-0.39, 0.29) is 12.9 Å². The Morgan fingerprint density at radius 1 is 0.846 bits per heavy atom. The summed E-state index contributed by atoms with van der Waals surface area (Å²) < 4.78 is 0. The van der Waals surface area contributed by atoms with Crippen LogP contribution in [0.2, 0.25) is 0 Å². The summed E-state index contributed by atoms with van der Waals surface area (Å²) in [4.78, 5) is 8.00. The van der Waals surface area contributed by atoms with Crippen molar-refractivity contribution in [3.63, 3.8) is 0 Å². The maximum Gasteiger partial charge on any atom is 0.106 e. The average Bonchev–Trinajstić information content (AvgIpc) is 2.64. The standard InChI is InChI=1S/C22H34.CH2O.CH4.H2O/c1-18-11-13-19(14-12-18)7-3-2-4-8-20-15-16-21-9-5-6-10-22(21)17-20;1-2;;/h5-6,9-10,18-20H,2-4,7-8,11-17H2,1H3;1H2;1H4;1H2. The van der Waals surface area contributed by atoms with Crippen molar-refractivity contribution in [2.45, 2.75) is 91.4 Å². The molecule has 0 aliphatic heterocycles. The summed E-state index contributed by atoms with van der Waals surface area (Å²) in [5.74, 6) is 3.04. The minimum Gasteiger partial charge on any atom is -0.412 e. The first kappa shape index (κ1) is 24.8. The fourth-order valence-corrected chi connectivity index (χ4v) is 4.68. The van der Waals surface area contributed by atoms with Gasteiger partial charge in [-0.1, -0.05) is 96.4 Å². The van der Waals surface area contributed by atoms with E-state index >= 15 is 0 Å². The van der Waals surface area contributed by atoms with E-state index in [1.807, 2.05) is 6.79 Å². The fraction of sp³-hybridized carbons (Fsp3) is 0.708. The van der Waals surface area contributed by atoms with Crippen molar-refractivity contribution in [3.8, 4) is 0 Å². The van der Waals surface area contributed by atoms with Gasteiger partial charge in [-0.15, -0.1) is 0 Å². The molecule has 1 saturated carbocycles. The summed E-state index contributed by atoms with van der Waals surface area (Å²) in [6.07, 6.45) is 17.5. The molecule has 3 rings (SSSR count). The Balaban J connectivity index is 0.00000151. The van der Waals surface area contributed by atoms with E-state index in [9.17, 15) is 0 Å². The van der Waals surface area contributed by atoms with Crippen LogP contribution in [-0.2, 0) is 17.6 Å². The van der Waals surface area contributed by atoms with Gasteiger partial charge in [0.2, 0.25) is 0 Å². The van der Waals surface area contributed by atoms with E-state index < -0.39 is 0 Å². The minimum atomic E-state index is 0. The van der Waals surface area contributed by atoms with Crippen molar-refractivity contribution in [3.05, 3.63) is 35.4 Å².